The molecule has 19 heavy (non-hydrogen) atoms. The summed E-state index contributed by atoms with van der Waals surface area (Å²) >= 11 is 1.83. The fourth-order valence-electron chi connectivity index (χ4n) is 2.80. The third kappa shape index (κ3) is 5.22. The van der Waals surface area contributed by atoms with E-state index in [1.54, 1.807) is 0 Å². The van der Waals surface area contributed by atoms with Crippen LogP contribution in [0.4, 0.5) is 4.79 Å². The van der Waals surface area contributed by atoms with E-state index >= 15 is 0 Å². The predicted octanol–water partition coefficient (Wildman–Crippen LogP) is 1.97. The van der Waals surface area contributed by atoms with Gasteiger partial charge in [0.2, 0.25) is 0 Å². The van der Waals surface area contributed by atoms with Crippen LogP contribution >= 0.6 is 11.8 Å². The van der Waals surface area contributed by atoms with Gasteiger partial charge >= 0.3 is 6.03 Å². The molecular formula is C14H29N3OS. The first-order valence-electron chi connectivity index (χ1n) is 7.13. The van der Waals surface area contributed by atoms with Crippen LogP contribution in [0.15, 0.2) is 0 Å². The molecule has 0 aliphatic carbocycles. The second-order valence-electron chi connectivity index (χ2n) is 5.95. The largest absolute Gasteiger partial charge is 0.338 e. The zero-order valence-electron chi connectivity index (χ0n) is 13.0. The Morgan fingerprint density at radius 3 is 2.84 bits per heavy atom. The van der Waals surface area contributed by atoms with E-state index in [1.165, 1.54) is 0 Å². The molecule has 0 spiro atoms. The van der Waals surface area contributed by atoms with Gasteiger partial charge in [-0.25, -0.2) is 4.79 Å². The normalized spacial score (nSPS) is 25.9. The average Bonchev–Trinajstić information content (AvgIpc) is 2.35. The topological polar surface area (TPSA) is 35.6 Å². The van der Waals surface area contributed by atoms with Crippen molar-refractivity contribution in [3.05, 3.63) is 0 Å². The maximum atomic E-state index is 12.2. The minimum atomic E-state index is 0.0781. The van der Waals surface area contributed by atoms with Crippen molar-refractivity contribution in [2.75, 3.05) is 45.7 Å². The van der Waals surface area contributed by atoms with E-state index in [2.05, 4.69) is 37.4 Å². The highest BCUT2D eigenvalue weighted by Crippen LogP contribution is 2.20. The van der Waals surface area contributed by atoms with Crippen LogP contribution in [0, 0.1) is 11.8 Å². The number of piperidine rings is 1. The minimum Gasteiger partial charge on any atom is -0.338 e. The molecule has 1 aliphatic rings. The van der Waals surface area contributed by atoms with Crippen LogP contribution in [0.2, 0.25) is 0 Å². The molecule has 0 saturated carbocycles. The molecule has 1 fully saturated rings. The molecule has 5 heteroatoms. The van der Waals surface area contributed by atoms with Crippen LogP contribution in [0.1, 0.15) is 20.3 Å². The van der Waals surface area contributed by atoms with Gasteiger partial charge in [-0.05, 0) is 43.9 Å². The maximum absolute atomic E-state index is 12.2. The smallest absolute Gasteiger partial charge is 0.317 e. The molecule has 0 unspecified atom stereocenters. The quantitative estimate of drug-likeness (QED) is 0.840. The number of hydrogen-bond donors (Lipinski definition) is 1. The first-order valence-corrected chi connectivity index (χ1v) is 8.53. The maximum Gasteiger partial charge on any atom is 0.317 e. The molecule has 1 N–H and O–H groups in total. The second kappa shape index (κ2) is 8.00. The van der Waals surface area contributed by atoms with Crippen molar-refractivity contribution in [2.24, 2.45) is 11.8 Å². The Bertz CT molecular complexity index is 288. The number of nitrogens with one attached hydrogen (secondary N) is 1. The SMILES string of the molecule is CSC[C@H](C)CNC(=O)N(C)[C@@H]1CCN(C)C[C@H]1C. The fraction of sp³-hybridized carbons (Fsp3) is 0.929. The van der Waals surface area contributed by atoms with Crippen LogP contribution < -0.4 is 5.32 Å². The lowest BCUT2D eigenvalue weighted by Crippen LogP contribution is -2.52. The predicted molar refractivity (Wildman–Crippen MR) is 83.8 cm³/mol. The Balaban J connectivity index is 2.39. The van der Waals surface area contributed by atoms with Gasteiger partial charge in [-0.1, -0.05) is 13.8 Å². The Labute approximate surface area is 122 Å². The van der Waals surface area contributed by atoms with Crippen molar-refractivity contribution in [2.45, 2.75) is 26.3 Å². The molecule has 4 nitrogen and oxygen atoms in total. The van der Waals surface area contributed by atoms with E-state index < -0.39 is 0 Å². The van der Waals surface area contributed by atoms with E-state index in [0.29, 0.717) is 17.9 Å². The number of nitrogens with zero attached hydrogens (tertiary/aromatic N) is 2. The van der Waals surface area contributed by atoms with Gasteiger partial charge in [0, 0.05) is 26.2 Å². The molecule has 1 heterocycles. The highest BCUT2D eigenvalue weighted by Gasteiger charge is 2.29. The molecule has 1 aliphatic heterocycles. The van der Waals surface area contributed by atoms with Gasteiger partial charge in [0.1, 0.15) is 0 Å². The zero-order valence-corrected chi connectivity index (χ0v) is 13.8. The summed E-state index contributed by atoms with van der Waals surface area (Å²) in [4.78, 5) is 16.4. The van der Waals surface area contributed by atoms with Crippen LogP contribution in [0.5, 0.6) is 0 Å². The van der Waals surface area contributed by atoms with Gasteiger partial charge < -0.3 is 15.1 Å². The average molecular weight is 287 g/mol. The molecule has 112 valence electrons. The third-order valence-electron chi connectivity index (χ3n) is 3.93. The minimum absolute atomic E-state index is 0.0781. The van der Waals surface area contributed by atoms with Crippen LogP contribution in [-0.4, -0.2) is 67.6 Å². The molecule has 0 aromatic carbocycles. The summed E-state index contributed by atoms with van der Waals surface area (Å²) in [6.45, 7) is 7.33. The van der Waals surface area contributed by atoms with Gasteiger partial charge in [0.15, 0.2) is 0 Å². The van der Waals surface area contributed by atoms with Gasteiger partial charge in [-0.3, -0.25) is 0 Å². The number of carbonyl (C=O) groups excluding carboxylic acids is 1. The molecule has 2 amide bonds. The molecule has 0 bridgehead atoms. The van der Waals surface area contributed by atoms with Crippen molar-refractivity contribution in [1.29, 1.82) is 0 Å². The number of amides is 2. The zero-order chi connectivity index (χ0) is 14.4. The monoisotopic (exact) mass is 287 g/mol. The van der Waals surface area contributed by atoms with Crippen LogP contribution in [0.3, 0.4) is 0 Å². The van der Waals surface area contributed by atoms with Gasteiger partial charge in [-0.2, -0.15) is 11.8 Å². The molecule has 1 rings (SSSR count). The third-order valence-corrected chi connectivity index (χ3v) is 4.84. The van der Waals surface area contributed by atoms with Crippen molar-refractivity contribution < 1.29 is 4.79 Å². The van der Waals surface area contributed by atoms with Gasteiger partial charge in [-0.15, -0.1) is 0 Å². The fourth-order valence-corrected chi connectivity index (χ4v) is 3.48. The van der Waals surface area contributed by atoms with Crippen molar-refractivity contribution in [3.63, 3.8) is 0 Å². The molecule has 0 aromatic heterocycles. The van der Waals surface area contributed by atoms with Crippen molar-refractivity contribution in [3.8, 4) is 0 Å². The Hall–Kier alpha value is -0.420. The number of hydrogen-bond acceptors (Lipinski definition) is 3. The molecular weight excluding hydrogens is 258 g/mol. The Morgan fingerprint density at radius 1 is 1.58 bits per heavy atom. The number of thioether (sulfide) groups is 1. The van der Waals surface area contributed by atoms with Gasteiger partial charge in [0.05, 0.1) is 0 Å². The number of likely N-dealkylation sites (tertiary alicyclic amines) is 1. The lowest BCUT2D eigenvalue weighted by Gasteiger charge is -2.40. The molecule has 1 saturated heterocycles. The van der Waals surface area contributed by atoms with E-state index in [4.69, 9.17) is 0 Å². The van der Waals surface area contributed by atoms with Crippen molar-refractivity contribution >= 4 is 17.8 Å². The van der Waals surface area contributed by atoms with E-state index in [1.807, 2.05) is 23.7 Å². The highest BCUT2D eigenvalue weighted by molar-refractivity contribution is 7.98. The summed E-state index contributed by atoms with van der Waals surface area (Å²) in [6, 6.07) is 0.446. The first kappa shape index (κ1) is 16.6. The molecule has 0 aromatic rings. The molecule has 0 radical (unpaired) electrons. The summed E-state index contributed by atoms with van der Waals surface area (Å²) in [5.41, 5.74) is 0. The second-order valence-corrected chi connectivity index (χ2v) is 6.86. The Kier molecular flexibility index (Phi) is 7.00. The summed E-state index contributed by atoms with van der Waals surface area (Å²) in [5, 5.41) is 3.06. The lowest BCUT2D eigenvalue weighted by atomic mass is 9.93. The standard InChI is InChI=1S/C14H29N3OS/c1-11(10-19-5)8-15-14(18)17(4)13-6-7-16(3)9-12(13)2/h11-13H,6-10H2,1-5H3,(H,15,18)/t11-,12-,13-/m1/s1. The summed E-state index contributed by atoms with van der Waals surface area (Å²) in [7, 11) is 4.08. The number of rotatable bonds is 5. The summed E-state index contributed by atoms with van der Waals surface area (Å²) < 4.78 is 0. The summed E-state index contributed by atoms with van der Waals surface area (Å²) in [5.74, 6) is 2.16. The highest BCUT2D eigenvalue weighted by atomic mass is 32.2. The van der Waals surface area contributed by atoms with E-state index in [0.717, 1.165) is 31.8 Å². The first-order chi connectivity index (χ1) is 8.95. The summed E-state index contributed by atoms with van der Waals surface area (Å²) in [6.07, 6.45) is 3.17. The number of urea groups is 1. The van der Waals surface area contributed by atoms with Crippen LogP contribution in [0.25, 0.3) is 0 Å². The Morgan fingerprint density at radius 2 is 2.26 bits per heavy atom. The number of carbonyl (C=O) groups is 1. The molecule has 3 atom stereocenters. The van der Waals surface area contributed by atoms with E-state index in [-0.39, 0.29) is 6.03 Å². The van der Waals surface area contributed by atoms with E-state index in [9.17, 15) is 4.79 Å². The van der Waals surface area contributed by atoms with Crippen molar-refractivity contribution in [1.82, 2.24) is 15.1 Å². The lowest BCUT2D eigenvalue weighted by molar-refractivity contribution is 0.107. The van der Waals surface area contributed by atoms with Gasteiger partial charge in [0.25, 0.3) is 0 Å². The van der Waals surface area contributed by atoms with Crippen LogP contribution in [-0.2, 0) is 0 Å².